The number of anilines is 1. The average Bonchev–Trinajstić information content (AvgIpc) is 3.42. The second-order valence-electron chi connectivity index (χ2n) is 7.90. The Morgan fingerprint density at radius 2 is 2.06 bits per heavy atom. The highest BCUT2D eigenvalue weighted by Gasteiger charge is 2.29. The van der Waals surface area contributed by atoms with Crippen LogP contribution in [-0.2, 0) is 18.9 Å². The topological polar surface area (TPSA) is 79.6 Å². The molecule has 0 spiro atoms. The molecule has 2 amide bonds. The van der Waals surface area contributed by atoms with Crippen molar-refractivity contribution in [2.75, 3.05) is 11.9 Å². The van der Waals surface area contributed by atoms with Crippen LogP contribution in [0, 0.1) is 0 Å². The summed E-state index contributed by atoms with van der Waals surface area (Å²) < 4.78 is 28.9. The van der Waals surface area contributed by atoms with Crippen molar-refractivity contribution < 1.29 is 18.4 Å². The standard InChI is InChI=1S/C23H19F2N5O2S/c1-23(24,25)14-8-15(10-26-9-14)28-21(31)17-13-33-19-12-29(7-5-16(17)19)22(32)18-11-27-20-4-2-3-6-30(18)20/h2-4,6,8-11,13H,5,7,12H2,1H3,(H,28,31). The number of amides is 2. The molecule has 0 saturated heterocycles. The Hall–Kier alpha value is -3.66. The predicted molar refractivity (Wildman–Crippen MR) is 120 cm³/mol. The van der Waals surface area contributed by atoms with Gasteiger partial charge in [0.15, 0.2) is 0 Å². The largest absolute Gasteiger partial charge is 0.332 e. The first-order valence-electron chi connectivity index (χ1n) is 10.3. The van der Waals surface area contributed by atoms with Gasteiger partial charge in [0, 0.05) is 41.7 Å². The maximum absolute atomic E-state index is 13.6. The van der Waals surface area contributed by atoms with Gasteiger partial charge >= 0.3 is 0 Å². The Balaban J connectivity index is 1.33. The molecule has 5 rings (SSSR count). The van der Waals surface area contributed by atoms with Crippen molar-refractivity contribution in [1.82, 2.24) is 19.3 Å². The molecule has 1 aliphatic heterocycles. The third-order valence-corrected chi connectivity index (χ3v) is 6.63. The van der Waals surface area contributed by atoms with E-state index in [1.807, 2.05) is 18.2 Å². The summed E-state index contributed by atoms with van der Waals surface area (Å²) in [6.45, 7) is 1.64. The van der Waals surface area contributed by atoms with Crippen LogP contribution in [-0.4, -0.2) is 37.6 Å². The zero-order valence-electron chi connectivity index (χ0n) is 17.6. The lowest BCUT2D eigenvalue weighted by Gasteiger charge is -2.27. The van der Waals surface area contributed by atoms with E-state index in [2.05, 4.69) is 15.3 Å². The molecule has 0 bridgehead atoms. The van der Waals surface area contributed by atoms with Crippen LogP contribution in [0.15, 0.2) is 54.4 Å². The van der Waals surface area contributed by atoms with Gasteiger partial charge in [-0.05, 0) is 30.2 Å². The third-order valence-electron chi connectivity index (χ3n) is 5.62. The summed E-state index contributed by atoms with van der Waals surface area (Å²) in [5.74, 6) is -3.55. The van der Waals surface area contributed by atoms with Gasteiger partial charge in [-0.3, -0.25) is 19.0 Å². The van der Waals surface area contributed by atoms with E-state index in [0.29, 0.717) is 36.4 Å². The smallest absolute Gasteiger partial charge is 0.272 e. The van der Waals surface area contributed by atoms with Crippen molar-refractivity contribution >= 4 is 34.5 Å². The molecule has 1 N–H and O–H groups in total. The van der Waals surface area contributed by atoms with E-state index in [-0.39, 0.29) is 23.1 Å². The van der Waals surface area contributed by atoms with E-state index < -0.39 is 5.92 Å². The van der Waals surface area contributed by atoms with Crippen molar-refractivity contribution in [2.24, 2.45) is 0 Å². The lowest BCUT2D eigenvalue weighted by molar-refractivity contribution is 0.0171. The van der Waals surface area contributed by atoms with Crippen molar-refractivity contribution in [3.63, 3.8) is 0 Å². The van der Waals surface area contributed by atoms with Crippen LogP contribution in [0.2, 0.25) is 0 Å². The van der Waals surface area contributed by atoms with Gasteiger partial charge in [-0.1, -0.05) is 6.07 Å². The highest BCUT2D eigenvalue weighted by atomic mass is 32.1. The summed E-state index contributed by atoms with van der Waals surface area (Å²) >= 11 is 1.41. The molecular weight excluding hydrogens is 448 g/mol. The van der Waals surface area contributed by atoms with Gasteiger partial charge in [-0.25, -0.2) is 13.8 Å². The highest BCUT2D eigenvalue weighted by Crippen LogP contribution is 2.31. The second-order valence-corrected chi connectivity index (χ2v) is 8.87. The minimum Gasteiger partial charge on any atom is -0.332 e. The Morgan fingerprint density at radius 1 is 1.21 bits per heavy atom. The summed E-state index contributed by atoms with van der Waals surface area (Å²) in [6, 6.07) is 6.76. The lowest BCUT2D eigenvalue weighted by atomic mass is 10.0. The molecule has 0 saturated carbocycles. The molecule has 10 heteroatoms. The Bertz CT molecular complexity index is 1370. The van der Waals surface area contributed by atoms with Crippen molar-refractivity contribution in [1.29, 1.82) is 0 Å². The third kappa shape index (κ3) is 3.97. The monoisotopic (exact) mass is 467 g/mol. The Labute approximate surface area is 191 Å². The molecule has 4 aromatic heterocycles. The van der Waals surface area contributed by atoms with Gasteiger partial charge in [0.2, 0.25) is 0 Å². The van der Waals surface area contributed by atoms with E-state index >= 15 is 0 Å². The van der Waals surface area contributed by atoms with E-state index in [1.165, 1.54) is 23.6 Å². The number of hydrogen-bond donors (Lipinski definition) is 1. The molecule has 0 aromatic carbocycles. The summed E-state index contributed by atoms with van der Waals surface area (Å²) in [5.41, 5.74) is 2.50. The first-order valence-corrected chi connectivity index (χ1v) is 11.1. The fraction of sp³-hybridized carbons (Fsp3) is 0.217. The SMILES string of the molecule is CC(F)(F)c1cncc(NC(=O)c2csc3c2CCN(C(=O)c2cnc4ccccn24)C3)c1. The summed E-state index contributed by atoms with van der Waals surface area (Å²) in [5, 5.41) is 4.41. The van der Waals surface area contributed by atoms with E-state index in [4.69, 9.17) is 0 Å². The molecule has 0 radical (unpaired) electrons. The second kappa shape index (κ2) is 8.04. The van der Waals surface area contributed by atoms with Crippen LogP contribution in [0.4, 0.5) is 14.5 Å². The van der Waals surface area contributed by atoms with Crippen LogP contribution < -0.4 is 5.32 Å². The van der Waals surface area contributed by atoms with Gasteiger partial charge < -0.3 is 10.2 Å². The fourth-order valence-electron chi connectivity index (χ4n) is 3.89. The number of alkyl halides is 2. The fourth-order valence-corrected chi connectivity index (χ4v) is 4.99. The molecule has 7 nitrogen and oxygen atoms in total. The minimum absolute atomic E-state index is 0.123. The molecule has 33 heavy (non-hydrogen) atoms. The number of nitrogens with zero attached hydrogens (tertiary/aromatic N) is 4. The summed E-state index contributed by atoms with van der Waals surface area (Å²) in [4.78, 5) is 36.7. The van der Waals surface area contributed by atoms with Gasteiger partial charge in [0.1, 0.15) is 11.3 Å². The van der Waals surface area contributed by atoms with Crippen LogP contribution in [0.5, 0.6) is 0 Å². The molecule has 0 fully saturated rings. The number of carbonyl (C=O) groups is 2. The number of carbonyl (C=O) groups excluding carboxylic acids is 2. The molecule has 1 aliphatic rings. The molecular formula is C23H19F2N5O2S. The zero-order chi connectivity index (χ0) is 23.2. The van der Waals surface area contributed by atoms with E-state index in [9.17, 15) is 18.4 Å². The van der Waals surface area contributed by atoms with Gasteiger partial charge in [-0.2, -0.15) is 0 Å². The zero-order valence-corrected chi connectivity index (χ0v) is 18.4. The summed E-state index contributed by atoms with van der Waals surface area (Å²) in [7, 11) is 0. The molecule has 0 unspecified atom stereocenters. The number of aromatic nitrogens is 3. The number of thiophene rings is 1. The molecule has 0 atom stereocenters. The number of halogens is 2. The van der Waals surface area contributed by atoms with E-state index in [0.717, 1.165) is 23.6 Å². The van der Waals surface area contributed by atoms with Gasteiger partial charge in [-0.15, -0.1) is 11.3 Å². The molecule has 4 aromatic rings. The molecule has 5 heterocycles. The number of imidazole rings is 1. The van der Waals surface area contributed by atoms with Crippen molar-refractivity contribution in [3.05, 3.63) is 81.7 Å². The molecule has 0 aliphatic carbocycles. The Kier molecular flexibility index (Phi) is 5.16. The first-order chi connectivity index (χ1) is 15.8. The number of rotatable bonds is 4. The number of nitrogens with one attached hydrogen (secondary N) is 1. The van der Waals surface area contributed by atoms with Crippen molar-refractivity contribution in [3.8, 4) is 0 Å². The minimum atomic E-state index is -3.05. The van der Waals surface area contributed by atoms with Crippen LogP contribution in [0.3, 0.4) is 0 Å². The lowest BCUT2D eigenvalue weighted by Crippen LogP contribution is -2.36. The van der Waals surface area contributed by atoms with Crippen LogP contribution >= 0.6 is 11.3 Å². The highest BCUT2D eigenvalue weighted by molar-refractivity contribution is 7.10. The predicted octanol–water partition coefficient (Wildman–Crippen LogP) is 4.35. The molecule has 168 valence electrons. The van der Waals surface area contributed by atoms with E-state index in [1.54, 1.807) is 27.1 Å². The number of hydrogen-bond acceptors (Lipinski definition) is 5. The van der Waals surface area contributed by atoms with Crippen LogP contribution in [0.25, 0.3) is 5.65 Å². The average molecular weight is 468 g/mol. The Morgan fingerprint density at radius 3 is 2.88 bits per heavy atom. The van der Waals surface area contributed by atoms with Gasteiger partial charge in [0.25, 0.3) is 17.7 Å². The quantitative estimate of drug-likeness (QED) is 0.484. The summed E-state index contributed by atoms with van der Waals surface area (Å²) in [6.07, 6.45) is 6.31. The van der Waals surface area contributed by atoms with Crippen LogP contribution in [0.1, 0.15) is 43.8 Å². The van der Waals surface area contributed by atoms with Gasteiger partial charge in [0.05, 0.1) is 30.2 Å². The number of pyridine rings is 2. The first kappa shape index (κ1) is 21.2. The maximum atomic E-state index is 13.6. The number of fused-ring (bicyclic) bond motifs is 2. The van der Waals surface area contributed by atoms with Crippen molar-refractivity contribution in [2.45, 2.75) is 25.8 Å². The normalized spacial score (nSPS) is 13.7. The maximum Gasteiger partial charge on any atom is 0.272 e.